The Bertz CT molecular complexity index is 986. The maximum atomic E-state index is 6.14. The second kappa shape index (κ2) is 8.64. The van der Waals surface area contributed by atoms with Crippen LogP contribution < -0.4 is 4.74 Å². The van der Waals surface area contributed by atoms with E-state index in [0.29, 0.717) is 19.8 Å². The molecule has 0 spiro atoms. The van der Waals surface area contributed by atoms with Crippen LogP contribution in [0.1, 0.15) is 36.1 Å². The van der Waals surface area contributed by atoms with E-state index >= 15 is 0 Å². The SMILES string of the molecule is C/C(=C\c1ccccc1C1(C)OCCO1)c1ccccc1OCc1ccccc1. The molecule has 1 aliphatic rings. The Hall–Kier alpha value is -2.88. The van der Waals surface area contributed by atoms with Gasteiger partial charge in [-0.2, -0.15) is 0 Å². The van der Waals surface area contributed by atoms with Crippen LogP contribution in [0.3, 0.4) is 0 Å². The zero-order chi connectivity index (χ0) is 20.1. The number of ether oxygens (including phenoxy) is 3. The number of allylic oxidation sites excluding steroid dienone is 1. The highest BCUT2D eigenvalue weighted by Crippen LogP contribution is 2.35. The van der Waals surface area contributed by atoms with Gasteiger partial charge >= 0.3 is 0 Å². The fourth-order valence-electron chi connectivity index (χ4n) is 3.67. The highest BCUT2D eigenvalue weighted by Gasteiger charge is 2.34. The topological polar surface area (TPSA) is 27.7 Å². The van der Waals surface area contributed by atoms with Crippen LogP contribution in [0.4, 0.5) is 0 Å². The van der Waals surface area contributed by atoms with Gasteiger partial charge in [-0.25, -0.2) is 0 Å². The summed E-state index contributed by atoms with van der Waals surface area (Å²) in [6, 6.07) is 26.6. The average molecular weight is 386 g/mol. The van der Waals surface area contributed by atoms with Gasteiger partial charge in [0.25, 0.3) is 0 Å². The van der Waals surface area contributed by atoms with Crippen LogP contribution in [0.25, 0.3) is 11.6 Å². The van der Waals surface area contributed by atoms with E-state index in [0.717, 1.165) is 33.6 Å². The van der Waals surface area contributed by atoms with Gasteiger partial charge in [-0.15, -0.1) is 0 Å². The van der Waals surface area contributed by atoms with Gasteiger partial charge in [0.05, 0.1) is 13.2 Å². The largest absolute Gasteiger partial charge is 0.488 e. The first kappa shape index (κ1) is 19.4. The van der Waals surface area contributed by atoms with Gasteiger partial charge in [-0.05, 0) is 36.6 Å². The first-order chi connectivity index (χ1) is 14.2. The highest BCUT2D eigenvalue weighted by atomic mass is 16.7. The van der Waals surface area contributed by atoms with Crippen molar-refractivity contribution in [2.45, 2.75) is 26.2 Å². The van der Waals surface area contributed by atoms with Crippen molar-refractivity contribution in [2.24, 2.45) is 0 Å². The van der Waals surface area contributed by atoms with Crippen LogP contribution in [0.5, 0.6) is 5.75 Å². The molecule has 1 saturated heterocycles. The second-order valence-corrected chi connectivity index (χ2v) is 7.33. The molecule has 0 radical (unpaired) electrons. The molecule has 0 aromatic heterocycles. The summed E-state index contributed by atoms with van der Waals surface area (Å²) in [6.07, 6.45) is 2.18. The zero-order valence-electron chi connectivity index (χ0n) is 16.9. The molecule has 0 N–H and O–H groups in total. The number of hydrogen-bond acceptors (Lipinski definition) is 3. The maximum Gasteiger partial charge on any atom is 0.192 e. The van der Waals surface area contributed by atoms with Crippen molar-refractivity contribution >= 4 is 11.6 Å². The third-order valence-electron chi connectivity index (χ3n) is 5.21. The van der Waals surface area contributed by atoms with Gasteiger partial charge in [-0.3, -0.25) is 0 Å². The van der Waals surface area contributed by atoms with E-state index in [1.165, 1.54) is 0 Å². The van der Waals surface area contributed by atoms with E-state index in [1.807, 2.05) is 55.5 Å². The summed E-state index contributed by atoms with van der Waals surface area (Å²) in [6.45, 7) is 5.87. The number of rotatable bonds is 6. The van der Waals surface area contributed by atoms with Crippen molar-refractivity contribution in [3.8, 4) is 5.75 Å². The van der Waals surface area contributed by atoms with Crippen LogP contribution >= 0.6 is 0 Å². The van der Waals surface area contributed by atoms with Gasteiger partial charge in [0.1, 0.15) is 12.4 Å². The second-order valence-electron chi connectivity index (χ2n) is 7.33. The molecule has 3 nitrogen and oxygen atoms in total. The van der Waals surface area contributed by atoms with Crippen molar-refractivity contribution in [1.82, 2.24) is 0 Å². The summed E-state index contributed by atoms with van der Waals surface area (Å²) in [5, 5.41) is 0. The fraction of sp³-hybridized carbons (Fsp3) is 0.231. The van der Waals surface area contributed by atoms with E-state index in [9.17, 15) is 0 Å². The van der Waals surface area contributed by atoms with E-state index < -0.39 is 5.79 Å². The third-order valence-corrected chi connectivity index (χ3v) is 5.21. The molecule has 29 heavy (non-hydrogen) atoms. The summed E-state index contributed by atoms with van der Waals surface area (Å²) in [5.41, 5.74) is 5.49. The van der Waals surface area contributed by atoms with Crippen LogP contribution in [0.15, 0.2) is 78.9 Å². The molecule has 1 heterocycles. The van der Waals surface area contributed by atoms with Crippen LogP contribution in [-0.2, 0) is 21.9 Å². The van der Waals surface area contributed by atoms with Crippen LogP contribution in [0.2, 0.25) is 0 Å². The molecule has 0 unspecified atom stereocenters. The lowest BCUT2D eigenvalue weighted by Crippen LogP contribution is -2.23. The van der Waals surface area contributed by atoms with Gasteiger partial charge in [0.15, 0.2) is 5.79 Å². The molecule has 0 aliphatic carbocycles. The molecule has 0 saturated carbocycles. The van der Waals surface area contributed by atoms with Crippen LogP contribution in [-0.4, -0.2) is 13.2 Å². The molecule has 3 aromatic rings. The highest BCUT2D eigenvalue weighted by molar-refractivity contribution is 5.83. The van der Waals surface area contributed by atoms with Gasteiger partial charge < -0.3 is 14.2 Å². The summed E-state index contributed by atoms with van der Waals surface area (Å²) >= 11 is 0. The van der Waals surface area contributed by atoms with Crippen molar-refractivity contribution in [2.75, 3.05) is 13.2 Å². The van der Waals surface area contributed by atoms with E-state index in [2.05, 4.69) is 43.3 Å². The first-order valence-electron chi connectivity index (χ1n) is 9.97. The Morgan fingerprint density at radius 1 is 0.897 bits per heavy atom. The monoisotopic (exact) mass is 386 g/mol. The zero-order valence-corrected chi connectivity index (χ0v) is 16.9. The first-order valence-corrected chi connectivity index (χ1v) is 9.97. The Kier molecular flexibility index (Phi) is 5.79. The minimum Gasteiger partial charge on any atom is -0.488 e. The van der Waals surface area contributed by atoms with Crippen molar-refractivity contribution in [3.05, 3.63) is 101 Å². The summed E-state index contributed by atoms with van der Waals surface area (Å²) in [4.78, 5) is 0. The minimum absolute atomic E-state index is 0.543. The smallest absolute Gasteiger partial charge is 0.192 e. The Morgan fingerprint density at radius 3 is 2.34 bits per heavy atom. The van der Waals surface area contributed by atoms with Crippen LogP contribution in [0, 0.1) is 0 Å². The predicted molar refractivity (Wildman–Crippen MR) is 116 cm³/mol. The van der Waals surface area contributed by atoms with E-state index in [1.54, 1.807) is 0 Å². The predicted octanol–water partition coefficient (Wildman–Crippen LogP) is 6.05. The summed E-state index contributed by atoms with van der Waals surface area (Å²) in [7, 11) is 0. The molecule has 1 fully saturated rings. The van der Waals surface area contributed by atoms with Gasteiger partial charge in [0, 0.05) is 11.1 Å². The number of para-hydroxylation sites is 1. The minimum atomic E-state index is -0.698. The van der Waals surface area contributed by atoms with E-state index in [-0.39, 0.29) is 0 Å². The standard InChI is InChI=1S/C26H26O3/c1-20(18-22-12-6-8-14-24(22)26(2)28-16-17-29-26)23-13-7-9-15-25(23)27-19-21-10-4-3-5-11-21/h3-15,18H,16-17,19H2,1-2H3/b20-18+. The molecule has 0 bridgehead atoms. The molecular formula is C26H26O3. The molecule has 4 rings (SSSR count). The van der Waals surface area contributed by atoms with Crippen molar-refractivity contribution in [3.63, 3.8) is 0 Å². The summed E-state index contributed by atoms with van der Waals surface area (Å²) in [5.74, 6) is 0.179. The Labute approximate surface area is 172 Å². The Balaban J connectivity index is 1.62. The van der Waals surface area contributed by atoms with Crippen molar-refractivity contribution in [1.29, 1.82) is 0 Å². The van der Waals surface area contributed by atoms with Gasteiger partial charge in [-0.1, -0.05) is 78.9 Å². The lowest BCUT2D eigenvalue weighted by molar-refractivity contribution is -0.149. The maximum absolute atomic E-state index is 6.14. The molecule has 3 heteroatoms. The quantitative estimate of drug-likeness (QED) is 0.483. The third kappa shape index (κ3) is 4.42. The van der Waals surface area contributed by atoms with E-state index in [4.69, 9.17) is 14.2 Å². The molecule has 148 valence electrons. The molecule has 0 amide bonds. The number of benzene rings is 3. The average Bonchev–Trinajstić information content (AvgIpc) is 3.21. The number of hydrogen-bond donors (Lipinski definition) is 0. The molecular weight excluding hydrogens is 360 g/mol. The fourth-order valence-corrected chi connectivity index (χ4v) is 3.67. The van der Waals surface area contributed by atoms with Gasteiger partial charge in [0.2, 0.25) is 0 Å². The molecule has 3 aromatic carbocycles. The lowest BCUT2D eigenvalue weighted by Gasteiger charge is -2.25. The lowest BCUT2D eigenvalue weighted by atomic mass is 9.96. The molecule has 1 aliphatic heterocycles. The molecule has 0 atom stereocenters. The summed E-state index contributed by atoms with van der Waals surface area (Å²) < 4.78 is 17.9. The Morgan fingerprint density at radius 2 is 1.55 bits per heavy atom. The van der Waals surface area contributed by atoms with Crippen molar-refractivity contribution < 1.29 is 14.2 Å². The normalized spacial score (nSPS) is 16.0.